The van der Waals surface area contributed by atoms with E-state index in [2.05, 4.69) is 65.5 Å². The summed E-state index contributed by atoms with van der Waals surface area (Å²) in [6, 6.07) is 8.07. The van der Waals surface area contributed by atoms with E-state index in [1.165, 1.54) is 5.69 Å². The predicted octanol–water partition coefficient (Wildman–Crippen LogP) is 6.36. The van der Waals surface area contributed by atoms with Crippen LogP contribution in [0, 0.1) is 5.82 Å². The molecular weight excluding hydrogens is 427 g/mol. The molecule has 3 aromatic rings. The minimum absolute atomic E-state index is 0.00324. The highest BCUT2D eigenvalue weighted by Crippen LogP contribution is 2.43. The molecule has 3 N–H and O–H groups in total. The van der Waals surface area contributed by atoms with E-state index in [4.69, 9.17) is 5.10 Å². The van der Waals surface area contributed by atoms with Gasteiger partial charge in [0, 0.05) is 41.9 Å². The van der Waals surface area contributed by atoms with Crippen LogP contribution in [0.15, 0.2) is 30.5 Å². The Morgan fingerprint density at radius 2 is 1.97 bits per heavy atom. The van der Waals surface area contributed by atoms with Crippen LogP contribution in [0.25, 0.3) is 0 Å². The number of unbranched alkanes of at least 4 members (excludes halogenated alkanes) is 1. The normalized spacial score (nSPS) is 18.5. The fourth-order valence-corrected chi connectivity index (χ4v) is 4.94. The lowest BCUT2D eigenvalue weighted by Crippen LogP contribution is -2.22. The van der Waals surface area contributed by atoms with Crippen molar-refractivity contribution in [3.05, 3.63) is 58.8 Å². The summed E-state index contributed by atoms with van der Waals surface area (Å²) in [5.41, 5.74) is 4.57. The fraction of sp³-hybridized carbons (Fsp3) is 0.556. The number of nitrogens with one attached hydrogen (secondary N) is 3. The van der Waals surface area contributed by atoms with Crippen LogP contribution in [-0.2, 0) is 18.5 Å². The molecule has 0 radical (unpaired) electrons. The summed E-state index contributed by atoms with van der Waals surface area (Å²) < 4.78 is 17.4. The maximum absolute atomic E-state index is 15.3. The van der Waals surface area contributed by atoms with E-state index >= 15 is 4.39 Å². The zero-order valence-corrected chi connectivity index (χ0v) is 21.2. The minimum Gasteiger partial charge on any atom is -0.336 e. The summed E-state index contributed by atoms with van der Waals surface area (Å²) in [7, 11) is 1.85. The summed E-state index contributed by atoms with van der Waals surface area (Å²) in [5, 5.41) is 18.8. The van der Waals surface area contributed by atoms with Gasteiger partial charge in [0.15, 0.2) is 11.6 Å². The molecule has 0 aliphatic heterocycles. The lowest BCUT2D eigenvalue weighted by molar-refractivity contribution is 0.351. The fourth-order valence-electron chi connectivity index (χ4n) is 4.94. The maximum Gasteiger partial charge on any atom is 0.152 e. The Hall–Kier alpha value is -2.67. The molecule has 2 heterocycles. The Morgan fingerprint density at radius 1 is 1.18 bits per heavy atom. The van der Waals surface area contributed by atoms with Crippen LogP contribution in [0.5, 0.6) is 0 Å². The minimum atomic E-state index is -0.192. The van der Waals surface area contributed by atoms with Gasteiger partial charge in [-0.25, -0.2) is 4.39 Å². The smallest absolute Gasteiger partial charge is 0.152 e. The number of anilines is 2. The van der Waals surface area contributed by atoms with Crippen LogP contribution in [0.3, 0.4) is 0 Å². The molecular formula is C27H39FN6. The van der Waals surface area contributed by atoms with Crippen molar-refractivity contribution in [1.82, 2.24) is 25.3 Å². The van der Waals surface area contributed by atoms with Gasteiger partial charge in [0.2, 0.25) is 0 Å². The SMILES string of the molecule is CCCCc1ccc(Nc2cc(C3CCC(c4ccn(C(C)(C)C)n4)C3)[nH]n2)c(F)c1CNC. The quantitative estimate of drug-likeness (QED) is 0.343. The van der Waals surface area contributed by atoms with Gasteiger partial charge in [0.25, 0.3) is 0 Å². The van der Waals surface area contributed by atoms with Crippen LogP contribution in [-0.4, -0.2) is 27.0 Å². The van der Waals surface area contributed by atoms with Crippen molar-refractivity contribution in [3.8, 4) is 0 Å². The van der Waals surface area contributed by atoms with Crippen molar-refractivity contribution in [3.63, 3.8) is 0 Å². The predicted molar refractivity (Wildman–Crippen MR) is 136 cm³/mol. The van der Waals surface area contributed by atoms with Crippen LogP contribution in [0.4, 0.5) is 15.9 Å². The number of nitrogens with zero attached hydrogens (tertiary/aromatic N) is 3. The van der Waals surface area contributed by atoms with Gasteiger partial charge in [-0.1, -0.05) is 19.4 Å². The average Bonchev–Trinajstić information content (AvgIpc) is 3.55. The molecule has 34 heavy (non-hydrogen) atoms. The number of aryl methyl sites for hydroxylation is 1. The highest BCUT2D eigenvalue weighted by atomic mass is 19.1. The molecule has 1 saturated carbocycles. The highest BCUT2D eigenvalue weighted by Gasteiger charge is 2.30. The molecule has 2 aromatic heterocycles. The molecule has 0 spiro atoms. The van der Waals surface area contributed by atoms with E-state index in [1.54, 1.807) is 0 Å². The van der Waals surface area contributed by atoms with E-state index in [-0.39, 0.29) is 11.4 Å². The number of aromatic nitrogens is 4. The van der Waals surface area contributed by atoms with Gasteiger partial charge < -0.3 is 10.6 Å². The first-order chi connectivity index (χ1) is 16.3. The zero-order valence-electron chi connectivity index (χ0n) is 21.2. The van der Waals surface area contributed by atoms with E-state index in [1.807, 2.05) is 25.2 Å². The second-order valence-electron chi connectivity index (χ2n) is 10.6. The number of rotatable bonds is 9. The van der Waals surface area contributed by atoms with Crippen molar-refractivity contribution in [2.75, 3.05) is 12.4 Å². The summed E-state index contributed by atoms with van der Waals surface area (Å²) in [5.74, 6) is 1.34. The Bertz CT molecular complexity index is 1090. The number of hydrogen-bond acceptors (Lipinski definition) is 4. The van der Waals surface area contributed by atoms with Crippen molar-refractivity contribution >= 4 is 11.5 Å². The van der Waals surface area contributed by atoms with E-state index in [9.17, 15) is 0 Å². The van der Waals surface area contributed by atoms with Crippen molar-refractivity contribution in [1.29, 1.82) is 0 Å². The topological polar surface area (TPSA) is 70.6 Å². The second-order valence-corrected chi connectivity index (χ2v) is 10.6. The number of benzene rings is 1. The molecule has 2 atom stereocenters. The molecule has 4 rings (SSSR count). The molecule has 1 aliphatic carbocycles. The van der Waals surface area contributed by atoms with Crippen LogP contribution in [0.1, 0.15) is 94.1 Å². The van der Waals surface area contributed by atoms with Gasteiger partial charge in [-0.2, -0.15) is 10.2 Å². The molecule has 7 heteroatoms. The molecule has 0 saturated heterocycles. The van der Waals surface area contributed by atoms with Gasteiger partial charge in [-0.3, -0.25) is 9.78 Å². The van der Waals surface area contributed by atoms with E-state index in [0.717, 1.165) is 55.3 Å². The summed E-state index contributed by atoms with van der Waals surface area (Å²) >= 11 is 0. The molecule has 1 aromatic carbocycles. The molecule has 2 unspecified atom stereocenters. The average molecular weight is 467 g/mol. The molecule has 1 fully saturated rings. The van der Waals surface area contributed by atoms with Crippen LogP contribution < -0.4 is 10.6 Å². The number of halogens is 1. The van der Waals surface area contributed by atoms with Gasteiger partial charge in [0.05, 0.1) is 16.9 Å². The third kappa shape index (κ3) is 5.35. The second kappa shape index (κ2) is 10.3. The molecule has 0 amide bonds. The van der Waals surface area contributed by atoms with Gasteiger partial charge >= 0.3 is 0 Å². The third-order valence-electron chi connectivity index (χ3n) is 6.94. The number of hydrogen-bond donors (Lipinski definition) is 3. The lowest BCUT2D eigenvalue weighted by Gasteiger charge is -2.19. The number of H-pyrrole nitrogens is 1. The zero-order chi connectivity index (χ0) is 24.3. The Kier molecular flexibility index (Phi) is 7.41. The first-order valence-corrected chi connectivity index (χ1v) is 12.6. The van der Waals surface area contributed by atoms with Gasteiger partial charge in [-0.15, -0.1) is 0 Å². The van der Waals surface area contributed by atoms with Crippen LogP contribution in [0.2, 0.25) is 0 Å². The number of aromatic amines is 1. The van der Waals surface area contributed by atoms with Crippen molar-refractivity contribution in [2.45, 2.75) is 90.1 Å². The highest BCUT2D eigenvalue weighted by molar-refractivity contribution is 5.59. The molecule has 6 nitrogen and oxygen atoms in total. The Balaban J connectivity index is 1.44. The van der Waals surface area contributed by atoms with Crippen LogP contribution >= 0.6 is 0 Å². The van der Waals surface area contributed by atoms with Crippen molar-refractivity contribution in [2.24, 2.45) is 0 Å². The third-order valence-corrected chi connectivity index (χ3v) is 6.94. The summed E-state index contributed by atoms with van der Waals surface area (Å²) in [4.78, 5) is 0. The standard InChI is InChI=1S/C27H39FN6/c1-6-7-8-18-11-12-23(26(28)21(18)17-29-5)30-25-16-24(31-32-25)20-10-9-19(15-20)22-13-14-34(33-22)27(2,3)4/h11-14,16,19-20,29H,6-10,15,17H2,1-5H3,(H2,30,31,32). The first kappa shape index (κ1) is 24.5. The molecule has 184 valence electrons. The Morgan fingerprint density at radius 3 is 2.68 bits per heavy atom. The first-order valence-electron chi connectivity index (χ1n) is 12.6. The van der Waals surface area contributed by atoms with Gasteiger partial charge in [-0.05, 0) is 77.6 Å². The monoisotopic (exact) mass is 466 g/mol. The van der Waals surface area contributed by atoms with Crippen molar-refractivity contribution < 1.29 is 4.39 Å². The summed E-state index contributed by atoms with van der Waals surface area (Å²) in [6.45, 7) is 9.18. The molecule has 0 bridgehead atoms. The Labute approximate surface area is 202 Å². The lowest BCUT2D eigenvalue weighted by atomic mass is 9.99. The largest absolute Gasteiger partial charge is 0.336 e. The summed E-state index contributed by atoms with van der Waals surface area (Å²) in [6.07, 6.45) is 8.41. The molecule has 1 aliphatic rings. The van der Waals surface area contributed by atoms with E-state index in [0.29, 0.717) is 29.9 Å². The van der Waals surface area contributed by atoms with E-state index < -0.39 is 0 Å². The van der Waals surface area contributed by atoms with Gasteiger partial charge in [0.1, 0.15) is 0 Å². The maximum atomic E-state index is 15.3.